The van der Waals surface area contributed by atoms with Crippen molar-refractivity contribution in [1.82, 2.24) is 0 Å². The van der Waals surface area contributed by atoms with Gasteiger partial charge in [0, 0.05) is 6.42 Å². The number of carboxylic acids is 1. The zero-order valence-corrected chi connectivity index (χ0v) is 5.63. The van der Waals surface area contributed by atoms with Crippen molar-refractivity contribution in [3.05, 3.63) is 0 Å². The fourth-order valence-corrected chi connectivity index (χ4v) is 0.776. The van der Waals surface area contributed by atoms with E-state index < -0.39 is 13.6 Å². The van der Waals surface area contributed by atoms with Gasteiger partial charge in [-0.05, 0) is 6.42 Å². The van der Waals surface area contributed by atoms with Crippen LogP contribution in [0.1, 0.15) is 12.8 Å². The van der Waals surface area contributed by atoms with Crippen molar-refractivity contribution in [2.75, 3.05) is 6.16 Å². The minimum Gasteiger partial charge on any atom is -0.481 e. The highest BCUT2D eigenvalue weighted by atomic mass is 31.1. The molecule has 52 valence electrons. The second kappa shape index (κ2) is 4.27. The lowest BCUT2D eigenvalue weighted by Crippen LogP contribution is -1.93. The minimum absolute atomic E-state index is 0.0262. The molecule has 0 aromatic rings. The van der Waals surface area contributed by atoms with Crippen LogP contribution < -0.4 is 0 Å². The van der Waals surface area contributed by atoms with Gasteiger partial charge in [0.1, 0.15) is 0 Å². The molecule has 0 heterocycles. The zero-order chi connectivity index (χ0) is 7.28. The Labute approximate surface area is 52.7 Å². The molecule has 0 fully saturated rings. The predicted octanol–water partition coefficient (Wildman–Crippen LogP) is 1.02. The van der Waals surface area contributed by atoms with Gasteiger partial charge >= 0.3 is 13.6 Å². The summed E-state index contributed by atoms with van der Waals surface area (Å²) in [6.07, 6.45) is 0.124. The van der Waals surface area contributed by atoms with Gasteiger partial charge < -0.3 is 5.11 Å². The molecular formula is C4H7O4P. The Morgan fingerprint density at radius 3 is 2.33 bits per heavy atom. The summed E-state index contributed by atoms with van der Waals surface area (Å²) in [7, 11) is -2.39. The summed E-state index contributed by atoms with van der Waals surface area (Å²) >= 11 is 0. The average molecular weight is 150 g/mol. The van der Waals surface area contributed by atoms with Crippen LogP contribution >= 0.6 is 7.68 Å². The van der Waals surface area contributed by atoms with Crippen molar-refractivity contribution in [1.29, 1.82) is 0 Å². The number of aliphatic carboxylic acids is 1. The van der Waals surface area contributed by atoms with E-state index in [9.17, 15) is 13.9 Å². The van der Waals surface area contributed by atoms with Crippen molar-refractivity contribution < 1.29 is 19.0 Å². The molecule has 0 unspecified atom stereocenters. The summed E-state index contributed by atoms with van der Waals surface area (Å²) in [5, 5.41) is 8.03. The third kappa shape index (κ3) is 7.37. The lowest BCUT2D eigenvalue weighted by molar-refractivity contribution is -0.137. The van der Waals surface area contributed by atoms with E-state index in [1.807, 2.05) is 0 Å². The topological polar surface area (TPSA) is 71.4 Å². The molecule has 0 aromatic heterocycles. The molecule has 0 saturated heterocycles. The molecule has 5 heteroatoms. The van der Waals surface area contributed by atoms with E-state index in [4.69, 9.17) is 5.11 Å². The van der Waals surface area contributed by atoms with Crippen LogP contribution in [0.2, 0.25) is 0 Å². The van der Waals surface area contributed by atoms with Crippen LogP contribution in [-0.4, -0.2) is 17.2 Å². The van der Waals surface area contributed by atoms with Crippen molar-refractivity contribution in [2.45, 2.75) is 12.8 Å². The number of hydrogen-bond acceptors (Lipinski definition) is 3. The molecule has 1 N–H and O–H groups in total. The highest BCUT2D eigenvalue weighted by molar-refractivity contribution is 7.30. The van der Waals surface area contributed by atoms with E-state index in [-0.39, 0.29) is 19.0 Å². The summed E-state index contributed by atoms with van der Waals surface area (Å²) in [6.45, 7) is 0. The Kier molecular flexibility index (Phi) is 3.97. The normalized spacial score (nSPS) is 8.89. The van der Waals surface area contributed by atoms with Crippen LogP contribution in [0.25, 0.3) is 0 Å². The molecule has 4 nitrogen and oxygen atoms in total. The summed E-state index contributed by atoms with van der Waals surface area (Å²) < 4.78 is 19.6. The average Bonchev–Trinajstić information content (AvgIpc) is 1.63. The maximum absolute atomic E-state index is 9.82. The van der Waals surface area contributed by atoms with Gasteiger partial charge in [0.25, 0.3) is 0 Å². The lowest BCUT2D eigenvalue weighted by Gasteiger charge is -1.84. The Morgan fingerprint density at radius 2 is 2.00 bits per heavy atom. The third-order valence-corrected chi connectivity index (χ3v) is 1.41. The van der Waals surface area contributed by atoms with Gasteiger partial charge in [-0.1, -0.05) is 0 Å². The fraction of sp³-hybridized carbons (Fsp3) is 0.750. The molecule has 0 rings (SSSR count). The van der Waals surface area contributed by atoms with Crippen LogP contribution in [0, 0.1) is 0 Å². The van der Waals surface area contributed by atoms with Gasteiger partial charge in [-0.15, -0.1) is 0 Å². The first-order chi connectivity index (χ1) is 4.13. The maximum Gasteiger partial charge on any atom is 0.315 e. The standard InChI is InChI=1S/C4H7O4P/c5-4(6)2-1-3-9(7)8/h1-3H2,(H,5,6). The molecule has 0 amide bonds. The molecule has 0 bridgehead atoms. The Hall–Kier alpha value is -0.630. The van der Waals surface area contributed by atoms with E-state index in [0.717, 1.165) is 0 Å². The maximum atomic E-state index is 9.82. The zero-order valence-electron chi connectivity index (χ0n) is 4.74. The number of hydrogen-bond donors (Lipinski definition) is 1. The second-order valence-corrected chi connectivity index (χ2v) is 2.67. The molecule has 0 aliphatic rings. The van der Waals surface area contributed by atoms with E-state index in [2.05, 4.69) is 0 Å². The third-order valence-electron chi connectivity index (χ3n) is 0.731. The first kappa shape index (κ1) is 8.37. The molecule has 0 saturated carbocycles. The Bertz CT molecular complexity index is 152. The van der Waals surface area contributed by atoms with E-state index in [1.165, 1.54) is 0 Å². The molecule has 0 atom stereocenters. The lowest BCUT2D eigenvalue weighted by atomic mass is 10.3. The number of rotatable bonds is 4. The van der Waals surface area contributed by atoms with Crippen LogP contribution in [0.5, 0.6) is 0 Å². The Morgan fingerprint density at radius 1 is 1.44 bits per heavy atom. The van der Waals surface area contributed by atoms with Crippen LogP contribution in [0.4, 0.5) is 0 Å². The molecule has 0 spiro atoms. The largest absolute Gasteiger partial charge is 0.481 e. The number of carboxylic acid groups (broad SMARTS) is 1. The first-order valence-corrected chi connectivity index (χ1v) is 3.83. The van der Waals surface area contributed by atoms with Crippen molar-refractivity contribution >= 4 is 13.6 Å². The highest BCUT2D eigenvalue weighted by Crippen LogP contribution is 2.05. The minimum atomic E-state index is -2.39. The summed E-state index contributed by atoms with van der Waals surface area (Å²) in [5.41, 5.74) is 0. The molecule has 0 aromatic carbocycles. The first-order valence-electron chi connectivity index (χ1n) is 2.46. The predicted molar refractivity (Wildman–Crippen MR) is 30.0 cm³/mol. The highest BCUT2D eigenvalue weighted by Gasteiger charge is 1.97. The summed E-state index contributed by atoms with van der Waals surface area (Å²) in [6, 6.07) is 0. The van der Waals surface area contributed by atoms with Gasteiger partial charge in [0.2, 0.25) is 0 Å². The van der Waals surface area contributed by atoms with Crippen molar-refractivity contribution in [3.63, 3.8) is 0 Å². The molecule has 0 aliphatic carbocycles. The van der Waals surface area contributed by atoms with Gasteiger partial charge in [0.15, 0.2) is 0 Å². The summed E-state index contributed by atoms with van der Waals surface area (Å²) in [5.74, 6) is -0.952. The smallest absolute Gasteiger partial charge is 0.315 e. The SMILES string of the molecule is O=C(O)CCCP(=O)=O. The monoisotopic (exact) mass is 150 g/mol. The fourth-order valence-electron chi connectivity index (χ4n) is 0.359. The van der Waals surface area contributed by atoms with Crippen LogP contribution in [-0.2, 0) is 13.9 Å². The van der Waals surface area contributed by atoms with Gasteiger partial charge in [-0.3, -0.25) is 4.79 Å². The van der Waals surface area contributed by atoms with Crippen molar-refractivity contribution in [2.24, 2.45) is 0 Å². The van der Waals surface area contributed by atoms with E-state index in [1.54, 1.807) is 0 Å². The van der Waals surface area contributed by atoms with E-state index >= 15 is 0 Å². The van der Waals surface area contributed by atoms with Gasteiger partial charge in [0.05, 0.1) is 6.16 Å². The van der Waals surface area contributed by atoms with E-state index in [0.29, 0.717) is 0 Å². The molecule has 0 aliphatic heterocycles. The quantitative estimate of drug-likeness (QED) is 0.607. The molecular weight excluding hydrogens is 143 g/mol. The Balaban J connectivity index is 3.21. The van der Waals surface area contributed by atoms with Crippen molar-refractivity contribution in [3.8, 4) is 0 Å². The summed E-state index contributed by atoms with van der Waals surface area (Å²) in [4.78, 5) is 9.78. The molecule has 0 radical (unpaired) electrons. The number of carbonyl (C=O) groups is 1. The second-order valence-electron chi connectivity index (χ2n) is 1.55. The van der Waals surface area contributed by atoms with Gasteiger partial charge in [-0.25, -0.2) is 9.13 Å². The van der Waals surface area contributed by atoms with Crippen LogP contribution in [0.3, 0.4) is 0 Å². The van der Waals surface area contributed by atoms with Crippen LogP contribution in [0.15, 0.2) is 0 Å². The van der Waals surface area contributed by atoms with Gasteiger partial charge in [-0.2, -0.15) is 0 Å². The molecule has 9 heavy (non-hydrogen) atoms.